The van der Waals surface area contributed by atoms with Crippen molar-refractivity contribution in [1.29, 1.82) is 0 Å². The van der Waals surface area contributed by atoms with E-state index in [-0.39, 0.29) is 5.91 Å². The van der Waals surface area contributed by atoms with Gasteiger partial charge in [0.2, 0.25) is 5.91 Å². The van der Waals surface area contributed by atoms with E-state index in [9.17, 15) is 4.79 Å². The Hall–Kier alpha value is -1.73. The Morgan fingerprint density at radius 1 is 1.47 bits per heavy atom. The van der Waals surface area contributed by atoms with Crippen LogP contribution in [0.25, 0.3) is 11.5 Å². The van der Waals surface area contributed by atoms with Crippen molar-refractivity contribution in [2.45, 2.75) is 26.9 Å². The van der Waals surface area contributed by atoms with Gasteiger partial charge in [0, 0.05) is 11.8 Å². The van der Waals surface area contributed by atoms with E-state index >= 15 is 0 Å². The summed E-state index contributed by atoms with van der Waals surface area (Å²) >= 11 is 1.51. The zero-order valence-corrected chi connectivity index (χ0v) is 11.5. The Morgan fingerprint density at radius 3 is 3.00 bits per heavy atom. The normalized spacial score (nSPS) is 14.2. The smallest absolute Gasteiger partial charge is 0.261 e. The Balaban J connectivity index is 2.13. The van der Waals surface area contributed by atoms with Crippen LogP contribution in [0.5, 0.6) is 0 Å². The van der Waals surface area contributed by atoms with Crippen LogP contribution in [0, 0.1) is 6.92 Å². The molecule has 0 atom stereocenters. The number of anilines is 1. The van der Waals surface area contributed by atoms with Crippen LogP contribution in [0.15, 0.2) is 4.52 Å². The maximum atomic E-state index is 11.3. The van der Waals surface area contributed by atoms with Crippen LogP contribution in [-0.4, -0.2) is 22.7 Å². The Morgan fingerprint density at radius 2 is 2.32 bits per heavy atom. The fourth-order valence-corrected chi connectivity index (χ4v) is 3.33. The molecule has 0 fully saturated rings. The predicted molar refractivity (Wildman–Crippen MR) is 70.0 cm³/mol. The first-order valence-corrected chi connectivity index (χ1v) is 6.77. The Bertz CT molecular complexity index is 632. The molecule has 0 radical (unpaired) electrons. The maximum absolute atomic E-state index is 11.3. The van der Waals surface area contributed by atoms with Gasteiger partial charge in [0.15, 0.2) is 5.82 Å². The lowest BCUT2D eigenvalue weighted by Crippen LogP contribution is -2.08. The number of rotatable bonds is 2. The number of nitrogens with one attached hydrogen (secondary N) is 1. The van der Waals surface area contributed by atoms with E-state index in [0.29, 0.717) is 24.9 Å². The standard InChI is InChI=1S/C12H13N3O3S/c1-6-13-11(18-15-6)10-8-3-4-17-5-9(8)19-12(10)14-7(2)16/h3-5H2,1-2H3,(H,14,16). The molecule has 19 heavy (non-hydrogen) atoms. The minimum atomic E-state index is -0.114. The van der Waals surface area contributed by atoms with Crippen LogP contribution in [0.1, 0.15) is 23.2 Å². The summed E-state index contributed by atoms with van der Waals surface area (Å²) in [6.07, 6.45) is 0.794. The number of carbonyl (C=O) groups excluding carboxylic acids is 1. The largest absolute Gasteiger partial charge is 0.376 e. The van der Waals surface area contributed by atoms with Gasteiger partial charge in [-0.05, 0) is 18.9 Å². The highest BCUT2D eigenvalue weighted by Gasteiger charge is 2.26. The summed E-state index contributed by atoms with van der Waals surface area (Å²) in [5, 5.41) is 7.41. The summed E-state index contributed by atoms with van der Waals surface area (Å²) in [4.78, 5) is 16.7. The maximum Gasteiger partial charge on any atom is 0.261 e. The summed E-state index contributed by atoms with van der Waals surface area (Å²) in [6, 6.07) is 0. The van der Waals surface area contributed by atoms with Crippen molar-refractivity contribution in [3.8, 4) is 11.5 Å². The molecule has 1 aliphatic rings. The van der Waals surface area contributed by atoms with Crippen molar-refractivity contribution in [1.82, 2.24) is 10.1 Å². The fourth-order valence-electron chi connectivity index (χ4n) is 2.11. The second-order valence-electron chi connectivity index (χ2n) is 4.34. The molecule has 2 aromatic heterocycles. The van der Waals surface area contributed by atoms with Crippen LogP contribution in [-0.2, 0) is 22.6 Å². The van der Waals surface area contributed by atoms with Gasteiger partial charge in [-0.2, -0.15) is 4.98 Å². The molecule has 0 saturated carbocycles. The van der Waals surface area contributed by atoms with Gasteiger partial charge < -0.3 is 14.6 Å². The van der Waals surface area contributed by atoms with Gasteiger partial charge in [0.05, 0.1) is 18.8 Å². The van der Waals surface area contributed by atoms with Gasteiger partial charge in [0.25, 0.3) is 5.89 Å². The van der Waals surface area contributed by atoms with Crippen molar-refractivity contribution in [2.75, 3.05) is 11.9 Å². The number of aromatic nitrogens is 2. The highest BCUT2D eigenvalue weighted by atomic mass is 32.1. The summed E-state index contributed by atoms with van der Waals surface area (Å²) in [5.74, 6) is 0.924. The van der Waals surface area contributed by atoms with Crippen molar-refractivity contribution in [3.63, 3.8) is 0 Å². The van der Waals surface area contributed by atoms with Crippen LogP contribution in [0.3, 0.4) is 0 Å². The summed E-state index contributed by atoms with van der Waals surface area (Å²) in [6.45, 7) is 4.49. The molecule has 3 heterocycles. The first-order valence-electron chi connectivity index (χ1n) is 5.95. The van der Waals surface area contributed by atoms with E-state index in [4.69, 9.17) is 9.26 Å². The monoisotopic (exact) mass is 279 g/mol. The van der Waals surface area contributed by atoms with Crippen LogP contribution in [0.2, 0.25) is 0 Å². The predicted octanol–water partition coefficient (Wildman–Crippen LogP) is 2.14. The highest BCUT2D eigenvalue weighted by Crippen LogP contribution is 2.42. The molecule has 2 aromatic rings. The lowest BCUT2D eigenvalue weighted by molar-refractivity contribution is -0.114. The molecule has 0 spiro atoms. The number of fused-ring (bicyclic) bond motifs is 1. The third-order valence-electron chi connectivity index (χ3n) is 2.85. The summed E-state index contributed by atoms with van der Waals surface area (Å²) < 4.78 is 10.7. The molecule has 3 rings (SSSR count). The van der Waals surface area contributed by atoms with Crippen LogP contribution >= 0.6 is 11.3 Å². The molecule has 6 nitrogen and oxygen atoms in total. The van der Waals surface area contributed by atoms with E-state index in [2.05, 4.69) is 15.5 Å². The third kappa shape index (κ3) is 2.26. The quantitative estimate of drug-likeness (QED) is 0.911. The zero-order valence-electron chi connectivity index (χ0n) is 10.6. The molecule has 7 heteroatoms. The molecule has 0 aromatic carbocycles. The average molecular weight is 279 g/mol. The Kier molecular flexibility index (Phi) is 3.08. The first-order chi connectivity index (χ1) is 9.15. The lowest BCUT2D eigenvalue weighted by atomic mass is 10.1. The zero-order chi connectivity index (χ0) is 13.4. The molecule has 1 aliphatic heterocycles. The Labute approximate surface area is 113 Å². The minimum Gasteiger partial charge on any atom is -0.376 e. The van der Waals surface area contributed by atoms with Crippen molar-refractivity contribution < 1.29 is 14.1 Å². The molecule has 1 amide bonds. The average Bonchev–Trinajstić information content (AvgIpc) is 2.91. The van der Waals surface area contributed by atoms with E-state index in [1.807, 2.05) is 0 Å². The number of nitrogens with zero attached hydrogens (tertiary/aromatic N) is 2. The second-order valence-corrected chi connectivity index (χ2v) is 5.44. The van der Waals surface area contributed by atoms with Crippen LogP contribution < -0.4 is 5.32 Å². The summed E-state index contributed by atoms with van der Waals surface area (Å²) in [7, 11) is 0. The SMILES string of the molecule is CC(=O)Nc1sc2c(c1-c1nc(C)no1)CCOC2. The molecule has 1 N–H and O–H groups in total. The molecular formula is C12H13N3O3S. The molecule has 0 saturated heterocycles. The number of carbonyl (C=O) groups is 1. The van der Waals surface area contributed by atoms with Gasteiger partial charge in [-0.15, -0.1) is 11.3 Å². The molecule has 100 valence electrons. The number of aryl methyl sites for hydroxylation is 1. The van der Waals surface area contributed by atoms with E-state index in [0.717, 1.165) is 27.4 Å². The van der Waals surface area contributed by atoms with Gasteiger partial charge in [-0.3, -0.25) is 4.79 Å². The van der Waals surface area contributed by atoms with Crippen molar-refractivity contribution >= 4 is 22.2 Å². The van der Waals surface area contributed by atoms with Crippen molar-refractivity contribution in [2.24, 2.45) is 0 Å². The summed E-state index contributed by atoms with van der Waals surface area (Å²) in [5.41, 5.74) is 1.99. The molecule has 0 unspecified atom stereocenters. The molecule has 0 aliphatic carbocycles. The topological polar surface area (TPSA) is 77.3 Å². The third-order valence-corrected chi connectivity index (χ3v) is 3.97. The van der Waals surface area contributed by atoms with Gasteiger partial charge >= 0.3 is 0 Å². The van der Waals surface area contributed by atoms with E-state index < -0.39 is 0 Å². The van der Waals surface area contributed by atoms with Gasteiger partial charge in [-0.25, -0.2) is 0 Å². The van der Waals surface area contributed by atoms with E-state index in [1.54, 1.807) is 6.92 Å². The highest BCUT2D eigenvalue weighted by molar-refractivity contribution is 7.17. The number of hydrogen-bond acceptors (Lipinski definition) is 6. The fraction of sp³-hybridized carbons (Fsp3) is 0.417. The van der Waals surface area contributed by atoms with E-state index in [1.165, 1.54) is 18.3 Å². The number of amides is 1. The first kappa shape index (κ1) is 12.3. The number of hydrogen-bond donors (Lipinski definition) is 1. The van der Waals surface area contributed by atoms with Crippen LogP contribution in [0.4, 0.5) is 5.00 Å². The minimum absolute atomic E-state index is 0.114. The molecular weight excluding hydrogens is 266 g/mol. The molecule has 0 bridgehead atoms. The van der Waals surface area contributed by atoms with Gasteiger partial charge in [-0.1, -0.05) is 5.16 Å². The lowest BCUT2D eigenvalue weighted by Gasteiger charge is -2.12. The second kappa shape index (κ2) is 4.75. The number of thiophene rings is 1. The number of ether oxygens (including phenoxy) is 1. The van der Waals surface area contributed by atoms with Crippen molar-refractivity contribution in [3.05, 3.63) is 16.3 Å². The van der Waals surface area contributed by atoms with Gasteiger partial charge in [0.1, 0.15) is 5.00 Å².